The molecular weight excluding hydrogens is 374 g/mol. The second-order valence-electron chi connectivity index (χ2n) is 6.06. The minimum Gasteiger partial charge on any atom is -0.489 e. The van der Waals surface area contributed by atoms with Gasteiger partial charge < -0.3 is 10.1 Å². The first-order valence-corrected chi connectivity index (χ1v) is 8.71. The summed E-state index contributed by atoms with van der Waals surface area (Å²) < 4.78 is 33.0. The SMILES string of the molecule is N#C/C(=C/c1cccc(OCc2ccccc2F)c1)C(=O)Nc1ccccc1F. The van der Waals surface area contributed by atoms with Crippen LogP contribution in [0.25, 0.3) is 6.08 Å². The van der Waals surface area contributed by atoms with Crippen molar-refractivity contribution in [3.63, 3.8) is 0 Å². The van der Waals surface area contributed by atoms with Crippen LogP contribution in [-0.4, -0.2) is 5.91 Å². The highest BCUT2D eigenvalue weighted by atomic mass is 19.1. The Morgan fingerprint density at radius 3 is 2.45 bits per heavy atom. The first-order valence-electron chi connectivity index (χ1n) is 8.71. The van der Waals surface area contributed by atoms with Crippen LogP contribution in [0.4, 0.5) is 14.5 Å². The molecular formula is C23H16F2N2O2. The van der Waals surface area contributed by atoms with Crippen LogP contribution in [0.2, 0.25) is 0 Å². The summed E-state index contributed by atoms with van der Waals surface area (Å²) in [6, 6.07) is 20.5. The van der Waals surface area contributed by atoms with Crippen LogP contribution in [0.3, 0.4) is 0 Å². The van der Waals surface area contributed by atoms with E-state index in [1.807, 2.05) is 6.07 Å². The number of carbonyl (C=O) groups excluding carboxylic acids is 1. The smallest absolute Gasteiger partial charge is 0.266 e. The molecule has 6 heteroatoms. The maximum absolute atomic E-state index is 13.7. The van der Waals surface area contributed by atoms with Crippen LogP contribution in [-0.2, 0) is 11.4 Å². The lowest BCUT2D eigenvalue weighted by atomic mass is 10.1. The van der Waals surface area contributed by atoms with E-state index in [-0.39, 0.29) is 23.7 Å². The number of amides is 1. The van der Waals surface area contributed by atoms with Gasteiger partial charge in [-0.1, -0.05) is 42.5 Å². The molecule has 0 aliphatic heterocycles. The van der Waals surface area contributed by atoms with Crippen molar-refractivity contribution >= 4 is 17.7 Å². The van der Waals surface area contributed by atoms with Gasteiger partial charge in [0, 0.05) is 5.56 Å². The van der Waals surface area contributed by atoms with Gasteiger partial charge in [-0.25, -0.2) is 8.78 Å². The number of hydrogen-bond acceptors (Lipinski definition) is 3. The predicted molar refractivity (Wildman–Crippen MR) is 106 cm³/mol. The van der Waals surface area contributed by atoms with Crippen molar-refractivity contribution in [3.8, 4) is 11.8 Å². The van der Waals surface area contributed by atoms with Crippen LogP contribution in [0.1, 0.15) is 11.1 Å². The Morgan fingerprint density at radius 1 is 1.00 bits per heavy atom. The zero-order chi connectivity index (χ0) is 20.6. The van der Waals surface area contributed by atoms with Crippen molar-refractivity contribution in [2.75, 3.05) is 5.32 Å². The molecule has 3 rings (SSSR count). The number of hydrogen-bond donors (Lipinski definition) is 1. The van der Waals surface area contributed by atoms with E-state index in [9.17, 15) is 18.8 Å². The van der Waals surface area contributed by atoms with Crippen molar-refractivity contribution < 1.29 is 18.3 Å². The molecule has 0 aliphatic rings. The molecule has 0 bridgehead atoms. The zero-order valence-electron chi connectivity index (χ0n) is 15.2. The topological polar surface area (TPSA) is 62.1 Å². The van der Waals surface area contributed by atoms with E-state index in [1.165, 1.54) is 30.3 Å². The Balaban J connectivity index is 1.73. The molecule has 1 amide bonds. The van der Waals surface area contributed by atoms with Crippen molar-refractivity contribution in [3.05, 3.63) is 101 Å². The molecule has 0 spiro atoms. The van der Waals surface area contributed by atoms with Crippen LogP contribution >= 0.6 is 0 Å². The number of anilines is 1. The quantitative estimate of drug-likeness (QED) is 0.471. The molecule has 0 saturated carbocycles. The number of carbonyl (C=O) groups is 1. The molecule has 0 radical (unpaired) electrons. The molecule has 29 heavy (non-hydrogen) atoms. The fourth-order valence-corrected chi connectivity index (χ4v) is 2.54. The molecule has 144 valence electrons. The Hall–Kier alpha value is -3.98. The Bertz CT molecular complexity index is 1100. The van der Waals surface area contributed by atoms with Gasteiger partial charge in [0.25, 0.3) is 5.91 Å². The van der Waals surface area contributed by atoms with Gasteiger partial charge >= 0.3 is 0 Å². The van der Waals surface area contributed by atoms with E-state index in [0.717, 1.165) is 0 Å². The molecule has 0 unspecified atom stereocenters. The fraction of sp³-hybridized carbons (Fsp3) is 0.0435. The Labute approximate surface area is 166 Å². The van der Waals surface area contributed by atoms with Crippen molar-refractivity contribution in [2.24, 2.45) is 0 Å². The summed E-state index contributed by atoms with van der Waals surface area (Å²) in [5.41, 5.74) is 0.742. The van der Waals surface area contributed by atoms with Gasteiger partial charge in [-0.2, -0.15) is 5.26 Å². The lowest BCUT2D eigenvalue weighted by molar-refractivity contribution is -0.112. The Kier molecular flexibility index (Phi) is 6.33. The van der Waals surface area contributed by atoms with Gasteiger partial charge in [0.2, 0.25) is 0 Å². The lowest BCUT2D eigenvalue weighted by Gasteiger charge is -2.08. The van der Waals surface area contributed by atoms with Crippen molar-refractivity contribution in [1.29, 1.82) is 5.26 Å². The molecule has 0 saturated heterocycles. The first kappa shape index (κ1) is 19.8. The summed E-state index contributed by atoms with van der Waals surface area (Å²) in [5, 5.41) is 11.7. The van der Waals surface area contributed by atoms with Gasteiger partial charge in [0.15, 0.2) is 0 Å². The van der Waals surface area contributed by atoms with Gasteiger partial charge in [0.05, 0.1) is 5.69 Å². The summed E-state index contributed by atoms with van der Waals surface area (Å²) in [4.78, 5) is 12.3. The molecule has 0 aromatic heterocycles. The summed E-state index contributed by atoms with van der Waals surface area (Å²) in [6.07, 6.45) is 1.37. The van der Waals surface area contributed by atoms with Crippen LogP contribution in [0.5, 0.6) is 5.75 Å². The summed E-state index contributed by atoms with van der Waals surface area (Å²) in [5.74, 6) is -1.23. The second kappa shape index (κ2) is 9.29. The summed E-state index contributed by atoms with van der Waals surface area (Å²) in [7, 11) is 0. The molecule has 1 N–H and O–H groups in total. The lowest BCUT2D eigenvalue weighted by Crippen LogP contribution is -2.14. The number of para-hydroxylation sites is 1. The number of nitrogens with one attached hydrogen (secondary N) is 1. The van der Waals surface area contributed by atoms with E-state index in [4.69, 9.17) is 4.74 Å². The first-order chi connectivity index (χ1) is 14.1. The van der Waals surface area contributed by atoms with Gasteiger partial charge in [-0.05, 0) is 42.0 Å². The van der Waals surface area contributed by atoms with E-state index >= 15 is 0 Å². The number of benzene rings is 3. The summed E-state index contributed by atoms with van der Waals surface area (Å²) >= 11 is 0. The average Bonchev–Trinajstić information content (AvgIpc) is 2.73. The van der Waals surface area contributed by atoms with Crippen LogP contribution in [0, 0.1) is 23.0 Å². The number of nitrogens with zero attached hydrogens (tertiary/aromatic N) is 1. The number of ether oxygens (including phenoxy) is 1. The third kappa shape index (κ3) is 5.27. The molecule has 0 heterocycles. The van der Waals surface area contributed by atoms with E-state index < -0.39 is 11.7 Å². The number of rotatable bonds is 6. The second-order valence-corrected chi connectivity index (χ2v) is 6.06. The van der Waals surface area contributed by atoms with E-state index in [1.54, 1.807) is 48.5 Å². The maximum Gasteiger partial charge on any atom is 0.266 e. The van der Waals surface area contributed by atoms with Crippen LogP contribution in [0.15, 0.2) is 78.4 Å². The molecule has 0 atom stereocenters. The normalized spacial score (nSPS) is 10.9. The number of nitriles is 1. The number of halogens is 2. The minimum absolute atomic E-state index is 0.0133. The minimum atomic E-state index is -0.727. The van der Waals surface area contributed by atoms with Crippen molar-refractivity contribution in [2.45, 2.75) is 6.61 Å². The molecule has 4 nitrogen and oxygen atoms in total. The van der Waals surface area contributed by atoms with Gasteiger partial charge in [-0.3, -0.25) is 4.79 Å². The highest BCUT2D eigenvalue weighted by Gasteiger charge is 2.12. The third-order valence-electron chi connectivity index (χ3n) is 4.01. The predicted octanol–water partition coefficient (Wildman–Crippen LogP) is 5.09. The Morgan fingerprint density at radius 2 is 1.72 bits per heavy atom. The monoisotopic (exact) mass is 390 g/mol. The zero-order valence-corrected chi connectivity index (χ0v) is 15.2. The summed E-state index contributed by atoms with van der Waals surface area (Å²) in [6.45, 7) is 0.0404. The highest BCUT2D eigenvalue weighted by Crippen LogP contribution is 2.19. The molecule has 0 fully saturated rings. The molecule has 3 aromatic rings. The molecule has 3 aromatic carbocycles. The molecule has 0 aliphatic carbocycles. The van der Waals surface area contributed by atoms with E-state index in [0.29, 0.717) is 16.9 Å². The third-order valence-corrected chi connectivity index (χ3v) is 4.01. The van der Waals surface area contributed by atoms with Gasteiger partial charge in [-0.15, -0.1) is 0 Å². The average molecular weight is 390 g/mol. The highest BCUT2D eigenvalue weighted by molar-refractivity contribution is 6.09. The van der Waals surface area contributed by atoms with E-state index in [2.05, 4.69) is 5.32 Å². The standard InChI is InChI=1S/C23H16F2N2O2/c24-20-9-2-1-7-17(20)15-29-19-8-5-6-16(13-19)12-18(14-26)23(28)27-22-11-4-3-10-21(22)25/h1-13H,15H2,(H,27,28)/b18-12-. The van der Waals surface area contributed by atoms with Crippen LogP contribution < -0.4 is 10.1 Å². The van der Waals surface area contributed by atoms with Crippen molar-refractivity contribution in [1.82, 2.24) is 0 Å². The maximum atomic E-state index is 13.7. The largest absolute Gasteiger partial charge is 0.489 e. The fourth-order valence-electron chi connectivity index (χ4n) is 2.54. The van der Waals surface area contributed by atoms with Gasteiger partial charge in [0.1, 0.15) is 35.6 Å².